The highest BCUT2D eigenvalue weighted by Gasteiger charge is 2.15. The molecule has 0 aliphatic carbocycles. The van der Waals surface area contributed by atoms with Gasteiger partial charge >= 0.3 is 0 Å². The number of nitrogens with one attached hydrogen (secondary N) is 2. The normalized spacial score (nSPS) is 15.7. The van der Waals surface area contributed by atoms with E-state index >= 15 is 0 Å². The lowest BCUT2D eigenvalue weighted by Crippen LogP contribution is -2.48. The Morgan fingerprint density at radius 2 is 2.24 bits per heavy atom. The predicted molar refractivity (Wildman–Crippen MR) is 66.9 cm³/mol. The molecule has 2 N–H and O–H groups in total. The summed E-state index contributed by atoms with van der Waals surface area (Å²) in [5.74, 6) is 0.882. The summed E-state index contributed by atoms with van der Waals surface area (Å²) < 4.78 is 0. The van der Waals surface area contributed by atoms with Crippen molar-refractivity contribution in [3.63, 3.8) is 0 Å². The highest BCUT2D eigenvalue weighted by molar-refractivity contribution is 5.80. The van der Waals surface area contributed by atoms with Crippen LogP contribution in [0.5, 0.6) is 0 Å². The molecule has 1 aliphatic rings. The number of aromatic nitrogens is 1. The Morgan fingerprint density at radius 3 is 2.88 bits per heavy atom. The summed E-state index contributed by atoms with van der Waals surface area (Å²) in [5, 5.41) is 6.27. The highest BCUT2D eigenvalue weighted by atomic mass is 16.2. The van der Waals surface area contributed by atoms with Gasteiger partial charge < -0.3 is 15.5 Å². The van der Waals surface area contributed by atoms with E-state index in [0.29, 0.717) is 6.54 Å². The van der Waals surface area contributed by atoms with Gasteiger partial charge in [0.1, 0.15) is 5.82 Å². The van der Waals surface area contributed by atoms with Gasteiger partial charge in [0, 0.05) is 32.4 Å². The van der Waals surface area contributed by atoms with Gasteiger partial charge in [0.05, 0.1) is 6.54 Å². The van der Waals surface area contributed by atoms with Crippen LogP contribution < -0.4 is 10.6 Å². The van der Waals surface area contributed by atoms with Crippen molar-refractivity contribution in [1.29, 1.82) is 0 Å². The van der Waals surface area contributed by atoms with E-state index in [-0.39, 0.29) is 5.91 Å². The van der Waals surface area contributed by atoms with Crippen LogP contribution in [-0.4, -0.2) is 48.5 Å². The fraction of sp³-hybridized carbons (Fsp3) is 0.500. The van der Waals surface area contributed by atoms with Crippen LogP contribution in [0.15, 0.2) is 18.3 Å². The van der Waals surface area contributed by atoms with Gasteiger partial charge in [0.15, 0.2) is 0 Å². The fourth-order valence-corrected chi connectivity index (χ4v) is 1.76. The summed E-state index contributed by atoms with van der Waals surface area (Å²) in [4.78, 5) is 17.9. The number of pyridine rings is 1. The Bertz CT molecular complexity index is 371. The van der Waals surface area contributed by atoms with Crippen molar-refractivity contribution in [2.45, 2.75) is 6.92 Å². The second kappa shape index (κ2) is 5.63. The van der Waals surface area contributed by atoms with Gasteiger partial charge in [0.2, 0.25) is 5.91 Å². The summed E-state index contributed by atoms with van der Waals surface area (Å²) in [5.41, 5.74) is 1.11. The van der Waals surface area contributed by atoms with E-state index in [9.17, 15) is 4.79 Å². The van der Waals surface area contributed by atoms with Crippen LogP contribution >= 0.6 is 0 Å². The van der Waals surface area contributed by atoms with Gasteiger partial charge in [-0.1, -0.05) is 6.07 Å². The standard InChI is InChI=1S/C12H18N4O/c1-10-2-3-11(14-8-10)15-9-12(17)16-6-4-13-5-7-16/h2-3,8,13H,4-7,9H2,1H3,(H,14,15). The number of rotatable bonds is 3. The molecule has 17 heavy (non-hydrogen) atoms. The predicted octanol–water partition coefficient (Wildman–Crippen LogP) is 0.234. The summed E-state index contributed by atoms with van der Waals surface area (Å²) >= 11 is 0. The Hall–Kier alpha value is -1.62. The van der Waals surface area contributed by atoms with E-state index in [1.54, 1.807) is 6.20 Å². The first-order valence-corrected chi connectivity index (χ1v) is 5.91. The van der Waals surface area contributed by atoms with Crippen LogP contribution in [0.1, 0.15) is 5.56 Å². The number of aryl methyl sites for hydroxylation is 1. The molecular weight excluding hydrogens is 216 g/mol. The first-order valence-electron chi connectivity index (χ1n) is 5.91. The first kappa shape index (κ1) is 11.9. The van der Waals surface area contributed by atoms with E-state index in [4.69, 9.17) is 0 Å². The van der Waals surface area contributed by atoms with E-state index in [2.05, 4.69) is 15.6 Å². The number of amides is 1. The lowest BCUT2D eigenvalue weighted by Gasteiger charge is -2.27. The van der Waals surface area contributed by atoms with E-state index < -0.39 is 0 Å². The van der Waals surface area contributed by atoms with Crippen molar-refractivity contribution in [2.24, 2.45) is 0 Å². The van der Waals surface area contributed by atoms with Gasteiger partial charge in [-0.25, -0.2) is 4.98 Å². The average molecular weight is 234 g/mol. The molecule has 2 rings (SSSR count). The van der Waals surface area contributed by atoms with Crippen LogP contribution in [0.3, 0.4) is 0 Å². The molecule has 0 aromatic carbocycles. The quantitative estimate of drug-likeness (QED) is 0.786. The monoisotopic (exact) mass is 234 g/mol. The molecule has 1 aromatic rings. The number of carbonyl (C=O) groups excluding carboxylic acids is 1. The molecule has 1 fully saturated rings. The van der Waals surface area contributed by atoms with Crippen LogP contribution in [0.4, 0.5) is 5.82 Å². The summed E-state index contributed by atoms with van der Waals surface area (Å²) in [6.07, 6.45) is 1.79. The zero-order valence-corrected chi connectivity index (χ0v) is 10.1. The van der Waals surface area contributed by atoms with Crippen molar-refractivity contribution in [3.8, 4) is 0 Å². The lowest BCUT2D eigenvalue weighted by molar-refractivity contribution is -0.129. The zero-order chi connectivity index (χ0) is 12.1. The van der Waals surface area contributed by atoms with E-state index in [1.807, 2.05) is 24.0 Å². The van der Waals surface area contributed by atoms with Crippen molar-refractivity contribution < 1.29 is 4.79 Å². The van der Waals surface area contributed by atoms with Crippen LogP contribution in [0, 0.1) is 6.92 Å². The molecule has 1 aliphatic heterocycles. The molecule has 5 nitrogen and oxygen atoms in total. The summed E-state index contributed by atoms with van der Waals surface area (Å²) in [6, 6.07) is 3.87. The van der Waals surface area contributed by atoms with Gasteiger partial charge in [-0.15, -0.1) is 0 Å². The molecule has 2 heterocycles. The minimum atomic E-state index is 0.133. The molecule has 0 unspecified atom stereocenters. The fourth-order valence-electron chi connectivity index (χ4n) is 1.76. The number of hydrogen-bond donors (Lipinski definition) is 2. The topological polar surface area (TPSA) is 57.3 Å². The molecule has 0 spiro atoms. The van der Waals surface area contributed by atoms with Crippen LogP contribution in [-0.2, 0) is 4.79 Å². The molecule has 0 saturated carbocycles. The van der Waals surface area contributed by atoms with Gasteiger partial charge in [0.25, 0.3) is 0 Å². The number of hydrogen-bond acceptors (Lipinski definition) is 4. The Morgan fingerprint density at radius 1 is 1.47 bits per heavy atom. The maximum Gasteiger partial charge on any atom is 0.242 e. The maximum atomic E-state index is 11.8. The molecule has 0 atom stereocenters. The van der Waals surface area contributed by atoms with Crippen molar-refractivity contribution in [1.82, 2.24) is 15.2 Å². The Balaban J connectivity index is 1.81. The lowest BCUT2D eigenvalue weighted by atomic mass is 10.3. The maximum absolute atomic E-state index is 11.8. The van der Waals surface area contributed by atoms with Gasteiger partial charge in [-0.05, 0) is 18.6 Å². The second-order valence-electron chi connectivity index (χ2n) is 4.21. The molecule has 0 radical (unpaired) electrons. The van der Waals surface area contributed by atoms with E-state index in [1.165, 1.54) is 0 Å². The van der Waals surface area contributed by atoms with E-state index in [0.717, 1.165) is 37.6 Å². The SMILES string of the molecule is Cc1ccc(NCC(=O)N2CCNCC2)nc1. The Kier molecular flexibility index (Phi) is 3.93. The summed E-state index contributed by atoms with van der Waals surface area (Å²) in [7, 11) is 0. The third-order valence-electron chi connectivity index (χ3n) is 2.80. The third kappa shape index (κ3) is 3.42. The third-order valence-corrected chi connectivity index (χ3v) is 2.80. The minimum absolute atomic E-state index is 0.133. The molecule has 1 amide bonds. The zero-order valence-electron chi connectivity index (χ0n) is 10.1. The Labute approximate surface area is 101 Å². The van der Waals surface area contributed by atoms with Crippen LogP contribution in [0.25, 0.3) is 0 Å². The minimum Gasteiger partial charge on any atom is -0.361 e. The average Bonchev–Trinajstić information content (AvgIpc) is 2.39. The largest absolute Gasteiger partial charge is 0.361 e. The summed E-state index contributed by atoms with van der Waals surface area (Å²) in [6.45, 7) is 5.66. The molecule has 92 valence electrons. The number of carbonyl (C=O) groups is 1. The second-order valence-corrected chi connectivity index (χ2v) is 4.21. The number of anilines is 1. The first-order chi connectivity index (χ1) is 8.25. The van der Waals surface area contributed by atoms with Crippen molar-refractivity contribution in [3.05, 3.63) is 23.9 Å². The smallest absolute Gasteiger partial charge is 0.242 e. The van der Waals surface area contributed by atoms with Crippen LogP contribution in [0.2, 0.25) is 0 Å². The molecule has 1 aromatic heterocycles. The number of piperazine rings is 1. The number of nitrogens with zero attached hydrogens (tertiary/aromatic N) is 2. The van der Waals surface area contributed by atoms with Crippen molar-refractivity contribution >= 4 is 11.7 Å². The van der Waals surface area contributed by atoms with Gasteiger partial charge in [-0.2, -0.15) is 0 Å². The molecule has 1 saturated heterocycles. The highest BCUT2D eigenvalue weighted by Crippen LogP contribution is 2.03. The molecule has 5 heteroatoms. The van der Waals surface area contributed by atoms with Gasteiger partial charge in [-0.3, -0.25) is 4.79 Å². The molecular formula is C12H18N4O. The molecule has 0 bridgehead atoms. The van der Waals surface area contributed by atoms with Crippen molar-refractivity contribution in [2.75, 3.05) is 38.0 Å².